The molecule has 2 aromatic heterocycles. The Morgan fingerprint density at radius 3 is 2.79 bits per heavy atom. The van der Waals surface area contributed by atoms with E-state index in [2.05, 4.69) is 28.1 Å². The van der Waals surface area contributed by atoms with Crippen LogP contribution in [0.2, 0.25) is 0 Å². The van der Waals surface area contributed by atoms with Crippen LogP contribution in [0.1, 0.15) is 38.8 Å². The van der Waals surface area contributed by atoms with Crippen molar-refractivity contribution in [3.63, 3.8) is 0 Å². The second kappa shape index (κ2) is 7.55. The molecular formula is C18H25N5O. The minimum Gasteiger partial charge on any atom is -0.343 e. The minimum absolute atomic E-state index is 0.182. The third-order valence-corrected chi connectivity index (χ3v) is 4.70. The fourth-order valence-corrected chi connectivity index (χ4v) is 3.34. The number of aromatic nitrogens is 4. The van der Waals surface area contributed by atoms with E-state index in [1.54, 1.807) is 13.3 Å². The highest BCUT2D eigenvalue weighted by molar-refractivity contribution is 5.73. The van der Waals surface area contributed by atoms with Gasteiger partial charge in [-0.05, 0) is 43.7 Å². The first-order chi connectivity index (χ1) is 11.7. The SMILES string of the molecule is CCCn1nccc1-c1cc(CC2CCN(C(C)=O)CC2)ncn1. The quantitative estimate of drug-likeness (QED) is 0.846. The van der Waals surface area contributed by atoms with Gasteiger partial charge >= 0.3 is 0 Å². The summed E-state index contributed by atoms with van der Waals surface area (Å²) in [6.45, 7) is 6.41. The molecular weight excluding hydrogens is 302 g/mol. The monoisotopic (exact) mass is 327 g/mol. The lowest BCUT2D eigenvalue weighted by Crippen LogP contribution is -2.37. The van der Waals surface area contributed by atoms with Gasteiger partial charge in [0, 0.05) is 38.4 Å². The van der Waals surface area contributed by atoms with Gasteiger partial charge in [-0.2, -0.15) is 5.10 Å². The Morgan fingerprint density at radius 2 is 2.08 bits per heavy atom. The van der Waals surface area contributed by atoms with E-state index in [4.69, 9.17) is 0 Å². The highest BCUT2D eigenvalue weighted by atomic mass is 16.2. The van der Waals surface area contributed by atoms with Crippen LogP contribution in [0.15, 0.2) is 24.7 Å². The number of rotatable bonds is 5. The van der Waals surface area contributed by atoms with E-state index in [0.717, 1.165) is 62.4 Å². The van der Waals surface area contributed by atoms with Crippen LogP contribution in [0.3, 0.4) is 0 Å². The highest BCUT2D eigenvalue weighted by Crippen LogP contribution is 2.23. The fourth-order valence-electron chi connectivity index (χ4n) is 3.34. The lowest BCUT2D eigenvalue weighted by molar-refractivity contribution is -0.130. The Hall–Kier alpha value is -2.24. The molecule has 1 saturated heterocycles. The zero-order valence-electron chi connectivity index (χ0n) is 14.5. The molecule has 24 heavy (non-hydrogen) atoms. The van der Waals surface area contributed by atoms with Crippen molar-refractivity contribution >= 4 is 5.91 Å². The van der Waals surface area contributed by atoms with Crippen molar-refractivity contribution in [1.29, 1.82) is 0 Å². The molecule has 0 bridgehead atoms. The lowest BCUT2D eigenvalue weighted by Gasteiger charge is -2.31. The van der Waals surface area contributed by atoms with E-state index in [1.807, 2.05) is 21.8 Å². The summed E-state index contributed by atoms with van der Waals surface area (Å²) in [7, 11) is 0. The average molecular weight is 327 g/mol. The molecule has 0 aromatic carbocycles. The Labute approximate surface area is 142 Å². The van der Waals surface area contributed by atoms with Crippen LogP contribution < -0.4 is 0 Å². The largest absolute Gasteiger partial charge is 0.343 e. The molecule has 0 aliphatic carbocycles. The Kier molecular flexibility index (Phi) is 5.23. The second-order valence-electron chi connectivity index (χ2n) is 6.49. The number of carbonyl (C=O) groups excluding carboxylic acids is 1. The standard InChI is InChI=1S/C18H25N5O/c1-3-8-23-18(4-7-21-23)17-12-16(19-13-20-17)11-15-5-9-22(10-6-15)14(2)24/h4,7,12-13,15H,3,5-6,8-11H2,1-2H3. The summed E-state index contributed by atoms with van der Waals surface area (Å²) >= 11 is 0. The van der Waals surface area contributed by atoms with Gasteiger partial charge in [0.1, 0.15) is 6.33 Å². The van der Waals surface area contributed by atoms with Crippen LogP contribution in [0.5, 0.6) is 0 Å². The molecule has 0 saturated carbocycles. The predicted molar refractivity (Wildman–Crippen MR) is 92.2 cm³/mol. The van der Waals surface area contributed by atoms with Crippen LogP contribution in [0, 0.1) is 5.92 Å². The topological polar surface area (TPSA) is 63.9 Å². The molecule has 0 atom stereocenters. The first-order valence-corrected chi connectivity index (χ1v) is 8.76. The average Bonchev–Trinajstić information content (AvgIpc) is 3.04. The van der Waals surface area contributed by atoms with E-state index in [1.165, 1.54) is 0 Å². The van der Waals surface area contributed by atoms with Gasteiger partial charge in [0.25, 0.3) is 0 Å². The van der Waals surface area contributed by atoms with Crippen molar-refractivity contribution in [2.45, 2.75) is 46.1 Å². The third kappa shape index (κ3) is 3.80. The maximum Gasteiger partial charge on any atom is 0.219 e. The van der Waals surface area contributed by atoms with E-state index in [-0.39, 0.29) is 5.91 Å². The molecule has 128 valence electrons. The van der Waals surface area contributed by atoms with Gasteiger partial charge in [-0.3, -0.25) is 9.48 Å². The van der Waals surface area contributed by atoms with Crippen LogP contribution in [-0.2, 0) is 17.8 Å². The number of likely N-dealkylation sites (tertiary alicyclic amines) is 1. The Balaban J connectivity index is 1.68. The first kappa shape index (κ1) is 16.6. The summed E-state index contributed by atoms with van der Waals surface area (Å²) in [5.41, 5.74) is 3.06. The number of hydrogen-bond donors (Lipinski definition) is 0. The molecule has 1 aliphatic rings. The maximum absolute atomic E-state index is 11.4. The van der Waals surface area contributed by atoms with E-state index in [0.29, 0.717) is 5.92 Å². The first-order valence-electron chi connectivity index (χ1n) is 8.76. The zero-order valence-corrected chi connectivity index (χ0v) is 14.5. The van der Waals surface area contributed by atoms with Crippen LogP contribution in [-0.4, -0.2) is 43.6 Å². The normalized spacial score (nSPS) is 15.7. The molecule has 1 amide bonds. The van der Waals surface area contributed by atoms with Crippen molar-refractivity contribution in [2.75, 3.05) is 13.1 Å². The predicted octanol–water partition coefficient (Wildman–Crippen LogP) is 2.55. The third-order valence-electron chi connectivity index (χ3n) is 4.70. The summed E-state index contributed by atoms with van der Waals surface area (Å²) < 4.78 is 2.00. The van der Waals surface area contributed by atoms with Crippen molar-refractivity contribution in [3.8, 4) is 11.4 Å². The molecule has 0 N–H and O–H groups in total. The van der Waals surface area contributed by atoms with Crippen LogP contribution >= 0.6 is 0 Å². The summed E-state index contributed by atoms with van der Waals surface area (Å²) in [5, 5.41) is 4.37. The molecule has 1 aliphatic heterocycles. The van der Waals surface area contributed by atoms with Gasteiger partial charge in [-0.1, -0.05) is 6.92 Å². The Morgan fingerprint density at radius 1 is 1.29 bits per heavy atom. The van der Waals surface area contributed by atoms with Crippen LogP contribution in [0.4, 0.5) is 0 Å². The highest BCUT2D eigenvalue weighted by Gasteiger charge is 2.21. The van der Waals surface area contributed by atoms with Gasteiger partial charge < -0.3 is 4.90 Å². The second-order valence-corrected chi connectivity index (χ2v) is 6.49. The summed E-state index contributed by atoms with van der Waals surface area (Å²) in [6, 6.07) is 4.09. The fraction of sp³-hybridized carbons (Fsp3) is 0.556. The number of hydrogen-bond acceptors (Lipinski definition) is 4. The number of piperidine rings is 1. The van der Waals surface area contributed by atoms with Crippen molar-refractivity contribution in [3.05, 3.63) is 30.4 Å². The molecule has 0 radical (unpaired) electrons. The maximum atomic E-state index is 11.4. The minimum atomic E-state index is 0.182. The molecule has 3 rings (SSSR count). The molecule has 1 fully saturated rings. The summed E-state index contributed by atoms with van der Waals surface area (Å²) in [5.74, 6) is 0.769. The number of nitrogens with zero attached hydrogens (tertiary/aromatic N) is 5. The van der Waals surface area contributed by atoms with E-state index >= 15 is 0 Å². The Bertz CT molecular complexity index is 688. The smallest absolute Gasteiger partial charge is 0.219 e. The molecule has 0 spiro atoms. The molecule has 6 nitrogen and oxygen atoms in total. The number of amides is 1. The van der Waals surface area contributed by atoms with Crippen molar-refractivity contribution in [2.24, 2.45) is 5.92 Å². The van der Waals surface area contributed by atoms with E-state index < -0.39 is 0 Å². The van der Waals surface area contributed by atoms with Crippen LogP contribution in [0.25, 0.3) is 11.4 Å². The molecule has 6 heteroatoms. The summed E-state index contributed by atoms with van der Waals surface area (Å²) in [6.07, 6.45) is 7.56. The van der Waals surface area contributed by atoms with E-state index in [9.17, 15) is 4.79 Å². The number of aryl methyl sites for hydroxylation is 1. The van der Waals surface area contributed by atoms with Gasteiger partial charge in [-0.25, -0.2) is 9.97 Å². The zero-order chi connectivity index (χ0) is 16.9. The molecule has 2 aromatic rings. The van der Waals surface area contributed by atoms with Crippen molar-refractivity contribution in [1.82, 2.24) is 24.6 Å². The van der Waals surface area contributed by atoms with Gasteiger partial charge in [0.05, 0.1) is 11.4 Å². The van der Waals surface area contributed by atoms with Gasteiger partial charge in [-0.15, -0.1) is 0 Å². The summed E-state index contributed by atoms with van der Waals surface area (Å²) in [4.78, 5) is 22.2. The molecule has 3 heterocycles. The van der Waals surface area contributed by atoms with Crippen molar-refractivity contribution < 1.29 is 4.79 Å². The van der Waals surface area contributed by atoms with Gasteiger partial charge in [0.15, 0.2) is 0 Å². The lowest BCUT2D eigenvalue weighted by atomic mass is 9.92. The number of carbonyl (C=O) groups is 1. The molecule has 0 unspecified atom stereocenters. The van der Waals surface area contributed by atoms with Gasteiger partial charge in [0.2, 0.25) is 5.91 Å².